The second-order valence-electron chi connectivity index (χ2n) is 5.73. The number of rotatable bonds is 7. The van der Waals surface area contributed by atoms with Crippen LogP contribution in [0.25, 0.3) is 0 Å². The van der Waals surface area contributed by atoms with Gasteiger partial charge in [-0.2, -0.15) is 0 Å². The molecule has 0 saturated carbocycles. The van der Waals surface area contributed by atoms with Gasteiger partial charge in [-0.1, -0.05) is 30.3 Å². The van der Waals surface area contributed by atoms with E-state index in [4.69, 9.17) is 14.2 Å². The van der Waals surface area contributed by atoms with Crippen molar-refractivity contribution < 1.29 is 19.0 Å². The van der Waals surface area contributed by atoms with Crippen molar-refractivity contribution in [2.45, 2.75) is 45.1 Å². The molecule has 1 aliphatic rings. The Morgan fingerprint density at radius 3 is 2.43 bits per heavy atom. The molecule has 5 nitrogen and oxygen atoms in total. The number of hydrogen-bond acceptors (Lipinski definition) is 5. The van der Waals surface area contributed by atoms with Crippen molar-refractivity contribution in [2.24, 2.45) is 0 Å². The SMILES string of the molecule is CCOC1(OCC)CCN(Cc2ccccc2)[C@H](C(=O)OC)C1. The summed E-state index contributed by atoms with van der Waals surface area (Å²) in [6, 6.07) is 9.80. The highest BCUT2D eigenvalue weighted by Gasteiger charge is 2.44. The van der Waals surface area contributed by atoms with Crippen LogP contribution in [0.3, 0.4) is 0 Å². The summed E-state index contributed by atoms with van der Waals surface area (Å²) < 4.78 is 16.8. The zero-order chi connectivity index (χ0) is 16.7. The van der Waals surface area contributed by atoms with E-state index in [0.717, 1.165) is 19.5 Å². The van der Waals surface area contributed by atoms with Crippen molar-refractivity contribution in [3.05, 3.63) is 35.9 Å². The Kier molecular flexibility index (Phi) is 6.57. The first-order valence-corrected chi connectivity index (χ1v) is 8.28. The minimum Gasteiger partial charge on any atom is -0.468 e. The number of likely N-dealkylation sites (tertiary alicyclic amines) is 1. The van der Waals surface area contributed by atoms with Crippen molar-refractivity contribution in [3.8, 4) is 0 Å². The lowest BCUT2D eigenvalue weighted by atomic mass is 9.94. The Morgan fingerprint density at radius 1 is 1.22 bits per heavy atom. The topological polar surface area (TPSA) is 48.0 Å². The molecule has 0 bridgehead atoms. The molecular formula is C18H27NO4. The first-order chi connectivity index (χ1) is 11.1. The third-order valence-corrected chi connectivity index (χ3v) is 4.24. The number of carbonyl (C=O) groups excluding carboxylic acids is 1. The molecular weight excluding hydrogens is 294 g/mol. The van der Waals surface area contributed by atoms with E-state index >= 15 is 0 Å². The summed E-state index contributed by atoms with van der Waals surface area (Å²) in [4.78, 5) is 14.4. The van der Waals surface area contributed by atoms with E-state index in [9.17, 15) is 4.79 Å². The molecule has 0 radical (unpaired) electrons. The molecule has 1 saturated heterocycles. The zero-order valence-corrected chi connectivity index (χ0v) is 14.3. The highest BCUT2D eigenvalue weighted by Crippen LogP contribution is 2.33. The predicted molar refractivity (Wildman–Crippen MR) is 87.9 cm³/mol. The van der Waals surface area contributed by atoms with Crippen molar-refractivity contribution in [1.29, 1.82) is 0 Å². The van der Waals surface area contributed by atoms with Gasteiger partial charge in [0.2, 0.25) is 0 Å². The van der Waals surface area contributed by atoms with Gasteiger partial charge in [0.15, 0.2) is 5.79 Å². The average Bonchev–Trinajstić information content (AvgIpc) is 2.57. The molecule has 0 N–H and O–H groups in total. The lowest BCUT2D eigenvalue weighted by Crippen LogP contribution is -2.55. The fraction of sp³-hybridized carbons (Fsp3) is 0.611. The Bertz CT molecular complexity index is 485. The van der Waals surface area contributed by atoms with Gasteiger partial charge in [-0.25, -0.2) is 0 Å². The lowest BCUT2D eigenvalue weighted by molar-refractivity contribution is -0.262. The number of hydrogen-bond donors (Lipinski definition) is 0. The maximum atomic E-state index is 12.3. The second-order valence-corrected chi connectivity index (χ2v) is 5.73. The van der Waals surface area contributed by atoms with Gasteiger partial charge >= 0.3 is 5.97 Å². The number of esters is 1. The fourth-order valence-corrected chi connectivity index (χ4v) is 3.20. The molecule has 0 unspecified atom stereocenters. The van der Waals surface area contributed by atoms with Gasteiger partial charge in [-0.3, -0.25) is 9.69 Å². The van der Waals surface area contributed by atoms with E-state index < -0.39 is 5.79 Å². The van der Waals surface area contributed by atoms with Crippen LogP contribution < -0.4 is 0 Å². The van der Waals surface area contributed by atoms with Crippen LogP contribution in [0.4, 0.5) is 0 Å². The van der Waals surface area contributed by atoms with Gasteiger partial charge < -0.3 is 14.2 Å². The van der Waals surface area contributed by atoms with Crippen molar-refractivity contribution in [2.75, 3.05) is 26.9 Å². The fourth-order valence-electron chi connectivity index (χ4n) is 3.20. The number of piperidine rings is 1. The maximum absolute atomic E-state index is 12.3. The van der Waals surface area contributed by atoms with Crippen LogP contribution in [0.15, 0.2) is 30.3 Å². The molecule has 0 amide bonds. The van der Waals surface area contributed by atoms with Gasteiger partial charge in [0, 0.05) is 39.1 Å². The molecule has 2 rings (SSSR count). The summed E-state index contributed by atoms with van der Waals surface area (Å²) in [5, 5.41) is 0. The van der Waals surface area contributed by atoms with Crippen molar-refractivity contribution >= 4 is 5.97 Å². The van der Waals surface area contributed by atoms with E-state index in [0.29, 0.717) is 19.6 Å². The Hall–Kier alpha value is -1.43. The Labute approximate surface area is 138 Å². The number of benzene rings is 1. The smallest absolute Gasteiger partial charge is 0.323 e. The number of carbonyl (C=O) groups is 1. The van der Waals surface area contributed by atoms with Crippen LogP contribution in [0.1, 0.15) is 32.3 Å². The van der Waals surface area contributed by atoms with Crippen LogP contribution in [0.5, 0.6) is 0 Å². The van der Waals surface area contributed by atoms with Crippen LogP contribution in [0.2, 0.25) is 0 Å². The first-order valence-electron chi connectivity index (χ1n) is 8.28. The van der Waals surface area contributed by atoms with E-state index in [1.165, 1.54) is 12.7 Å². The second kappa shape index (κ2) is 8.43. The molecule has 23 heavy (non-hydrogen) atoms. The average molecular weight is 321 g/mol. The molecule has 1 fully saturated rings. The van der Waals surface area contributed by atoms with Crippen LogP contribution in [0, 0.1) is 0 Å². The summed E-state index contributed by atoms with van der Waals surface area (Å²) in [7, 11) is 1.43. The maximum Gasteiger partial charge on any atom is 0.323 e. The molecule has 1 aliphatic heterocycles. The summed E-state index contributed by atoms with van der Waals surface area (Å²) in [6.45, 7) is 6.47. The molecule has 0 aliphatic carbocycles. The van der Waals surface area contributed by atoms with Gasteiger partial charge in [0.25, 0.3) is 0 Å². The predicted octanol–water partition coefficient (Wildman–Crippen LogP) is 2.59. The van der Waals surface area contributed by atoms with Gasteiger partial charge in [-0.15, -0.1) is 0 Å². The van der Waals surface area contributed by atoms with Gasteiger partial charge in [0.05, 0.1) is 7.11 Å². The summed E-state index contributed by atoms with van der Waals surface area (Å²) >= 11 is 0. The van der Waals surface area contributed by atoms with Crippen LogP contribution in [-0.4, -0.2) is 49.6 Å². The number of ether oxygens (including phenoxy) is 3. The van der Waals surface area contributed by atoms with E-state index in [1.807, 2.05) is 32.0 Å². The number of methoxy groups -OCH3 is 1. The van der Waals surface area contributed by atoms with Crippen LogP contribution in [-0.2, 0) is 25.5 Å². The standard InChI is InChI=1S/C18H27NO4/c1-4-22-18(23-5-2)11-12-19(16(13-18)17(20)21-3)14-15-9-7-6-8-10-15/h6-10,16H,4-5,11-14H2,1-3H3/t16-/m0/s1. The summed E-state index contributed by atoms with van der Waals surface area (Å²) in [6.07, 6.45) is 1.24. The molecule has 1 heterocycles. The molecule has 0 spiro atoms. The highest BCUT2D eigenvalue weighted by atomic mass is 16.7. The normalized spacial score (nSPS) is 21.1. The molecule has 1 aromatic carbocycles. The molecule has 1 atom stereocenters. The molecule has 128 valence electrons. The van der Waals surface area contributed by atoms with Crippen molar-refractivity contribution in [3.63, 3.8) is 0 Å². The third kappa shape index (κ3) is 4.53. The summed E-state index contributed by atoms with van der Waals surface area (Å²) in [5.74, 6) is -0.917. The quantitative estimate of drug-likeness (QED) is 0.571. The highest BCUT2D eigenvalue weighted by molar-refractivity contribution is 5.76. The molecule has 1 aromatic rings. The third-order valence-electron chi connectivity index (χ3n) is 4.24. The minimum absolute atomic E-state index is 0.232. The van der Waals surface area contributed by atoms with E-state index in [1.54, 1.807) is 0 Å². The van der Waals surface area contributed by atoms with E-state index in [2.05, 4.69) is 17.0 Å². The van der Waals surface area contributed by atoms with E-state index in [-0.39, 0.29) is 12.0 Å². The summed E-state index contributed by atoms with van der Waals surface area (Å²) in [5.41, 5.74) is 1.18. The van der Waals surface area contributed by atoms with Gasteiger partial charge in [-0.05, 0) is 19.4 Å². The largest absolute Gasteiger partial charge is 0.468 e. The molecule has 5 heteroatoms. The van der Waals surface area contributed by atoms with Crippen molar-refractivity contribution in [1.82, 2.24) is 4.90 Å². The first kappa shape index (κ1) is 17.9. The molecule has 0 aromatic heterocycles. The Balaban J connectivity index is 2.16. The zero-order valence-electron chi connectivity index (χ0n) is 14.3. The Morgan fingerprint density at radius 2 is 1.87 bits per heavy atom. The lowest BCUT2D eigenvalue weighted by Gasteiger charge is -2.44. The monoisotopic (exact) mass is 321 g/mol. The minimum atomic E-state index is -0.685. The van der Waals surface area contributed by atoms with Crippen LogP contribution >= 0.6 is 0 Å². The number of nitrogens with zero attached hydrogens (tertiary/aromatic N) is 1. The van der Waals surface area contributed by atoms with Gasteiger partial charge in [0.1, 0.15) is 6.04 Å².